The van der Waals surface area contributed by atoms with Gasteiger partial charge in [-0.05, 0) is 6.42 Å². The maximum Gasteiger partial charge on any atom is 0.320 e. The molecule has 4 amide bonds. The first kappa shape index (κ1) is 17.2. The minimum absolute atomic E-state index is 0.0516. The summed E-state index contributed by atoms with van der Waals surface area (Å²) < 4.78 is 0. The van der Waals surface area contributed by atoms with E-state index in [1.54, 1.807) is 16.7 Å². The zero-order valence-electron chi connectivity index (χ0n) is 13.3. The van der Waals surface area contributed by atoms with Gasteiger partial charge in [-0.15, -0.1) is 11.3 Å². The van der Waals surface area contributed by atoms with Crippen LogP contribution in [0, 0.1) is 0 Å². The molecule has 0 radical (unpaired) electrons. The second kappa shape index (κ2) is 7.91. The number of urea groups is 1. The zero-order valence-corrected chi connectivity index (χ0v) is 14.1. The Balaban J connectivity index is 1.76. The summed E-state index contributed by atoms with van der Waals surface area (Å²) in [5.41, 5.74) is 0.789. The molecule has 9 heteroatoms. The van der Waals surface area contributed by atoms with Gasteiger partial charge in [-0.3, -0.25) is 14.9 Å². The van der Waals surface area contributed by atoms with Gasteiger partial charge >= 0.3 is 6.03 Å². The van der Waals surface area contributed by atoms with Crippen molar-refractivity contribution in [3.63, 3.8) is 0 Å². The molecule has 8 nitrogen and oxygen atoms in total. The van der Waals surface area contributed by atoms with Crippen LogP contribution in [0.3, 0.4) is 0 Å². The maximum absolute atomic E-state index is 12.2. The average Bonchev–Trinajstić information content (AvgIpc) is 3.00. The largest absolute Gasteiger partial charge is 0.341 e. The van der Waals surface area contributed by atoms with E-state index in [1.807, 2.05) is 5.38 Å². The van der Waals surface area contributed by atoms with Crippen molar-refractivity contribution in [2.45, 2.75) is 19.8 Å². The lowest BCUT2D eigenvalue weighted by Crippen LogP contribution is -2.50. The van der Waals surface area contributed by atoms with E-state index in [-0.39, 0.29) is 17.8 Å². The predicted octanol–water partition coefficient (Wildman–Crippen LogP) is 0.518. The SMILES string of the molecule is CNC(=O)Nc1nc(CCC(=O)N2CCN(C(C)=O)CC2)cs1. The normalized spacial score (nSPS) is 14.5. The first-order valence-corrected chi connectivity index (χ1v) is 8.34. The molecule has 0 aromatic carbocycles. The molecule has 0 spiro atoms. The summed E-state index contributed by atoms with van der Waals surface area (Å²) in [6.45, 7) is 3.90. The molecule has 0 aliphatic carbocycles. The van der Waals surface area contributed by atoms with Crippen LogP contribution in [-0.4, -0.2) is 65.9 Å². The number of hydrogen-bond donors (Lipinski definition) is 2. The Morgan fingerprint density at radius 3 is 2.48 bits per heavy atom. The summed E-state index contributed by atoms with van der Waals surface area (Å²) >= 11 is 1.33. The highest BCUT2D eigenvalue weighted by Gasteiger charge is 2.22. The second-order valence-electron chi connectivity index (χ2n) is 5.23. The first-order chi connectivity index (χ1) is 11.0. The molecule has 2 rings (SSSR count). The first-order valence-electron chi connectivity index (χ1n) is 7.46. The Bertz CT molecular complexity index is 581. The van der Waals surface area contributed by atoms with Crippen LogP contribution in [0.25, 0.3) is 0 Å². The van der Waals surface area contributed by atoms with E-state index in [1.165, 1.54) is 18.4 Å². The van der Waals surface area contributed by atoms with Gasteiger partial charge in [0.05, 0.1) is 5.69 Å². The summed E-state index contributed by atoms with van der Waals surface area (Å²) in [5.74, 6) is 0.123. The smallest absolute Gasteiger partial charge is 0.320 e. The minimum atomic E-state index is -0.315. The lowest BCUT2D eigenvalue weighted by atomic mass is 10.2. The molecular formula is C14H21N5O3S. The van der Waals surface area contributed by atoms with Crippen LogP contribution in [0.2, 0.25) is 0 Å². The van der Waals surface area contributed by atoms with E-state index in [9.17, 15) is 14.4 Å². The third-order valence-electron chi connectivity index (χ3n) is 3.67. The summed E-state index contributed by atoms with van der Waals surface area (Å²) in [4.78, 5) is 42.5. The molecule has 1 aliphatic heterocycles. The topological polar surface area (TPSA) is 94.6 Å². The zero-order chi connectivity index (χ0) is 16.8. The summed E-state index contributed by atoms with van der Waals surface area (Å²) in [6, 6.07) is -0.315. The Morgan fingerprint density at radius 2 is 1.87 bits per heavy atom. The third-order valence-corrected chi connectivity index (χ3v) is 4.48. The van der Waals surface area contributed by atoms with Crippen molar-refractivity contribution < 1.29 is 14.4 Å². The van der Waals surface area contributed by atoms with Gasteiger partial charge in [0.25, 0.3) is 0 Å². The minimum Gasteiger partial charge on any atom is -0.341 e. The molecule has 126 valence electrons. The molecule has 23 heavy (non-hydrogen) atoms. The Labute approximate surface area is 138 Å². The molecule has 1 aliphatic rings. The second-order valence-corrected chi connectivity index (χ2v) is 6.09. The number of aryl methyl sites for hydroxylation is 1. The molecule has 1 saturated heterocycles. The van der Waals surface area contributed by atoms with Crippen LogP contribution >= 0.6 is 11.3 Å². The molecule has 1 aromatic heterocycles. The molecule has 0 bridgehead atoms. The molecule has 2 heterocycles. The van der Waals surface area contributed by atoms with Gasteiger partial charge in [0.1, 0.15) is 0 Å². The average molecular weight is 339 g/mol. The molecule has 1 fully saturated rings. The standard InChI is InChI=1S/C14H21N5O3S/c1-10(20)18-5-7-19(8-6-18)12(21)4-3-11-9-23-14(16-11)17-13(22)15-2/h9H,3-8H2,1-2H3,(H2,15,16,17,22). The number of hydrogen-bond acceptors (Lipinski definition) is 5. The number of aromatic nitrogens is 1. The van der Waals surface area contributed by atoms with Gasteiger partial charge < -0.3 is 15.1 Å². The van der Waals surface area contributed by atoms with Crippen molar-refractivity contribution in [2.75, 3.05) is 38.5 Å². The van der Waals surface area contributed by atoms with Gasteiger partial charge in [-0.2, -0.15) is 0 Å². The molecule has 1 aromatic rings. The quantitative estimate of drug-likeness (QED) is 0.836. The third kappa shape index (κ3) is 4.92. The van der Waals surface area contributed by atoms with Crippen molar-refractivity contribution in [1.29, 1.82) is 0 Å². The number of anilines is 1. The van der Waals surface area contributed by atoms with Gasteiger partial charge in [-0.1, -0.05) is 0 Å². The van der Waals surface area contributed by atoms with Gasteiger partial charge in [0.15, 0.2) is 5.13 Å². The highest BCUT2D eigenvalue weighted by Crippen LogP contribution is 2.17. The van der Waals surface area contributed by atoms with Crippen molar-refractivity contribution in [3.05, 3.63) is 11.1 Å². The van der Waals surface area contributed by atoms with Crippen LogP contribution in [0.4, 0.5) is 9.93 Å². The Kier molecular flexibility index (Phi) is 5.91. The van der Waals surface area contributed by atoms with Gasteiger partial charge in [0.2, 0.25) is 11.8 Å². The molecule has 0 unspecified atom stereocenters. The maximum atomic E-state index is 12.2. The van der Waals surface area contributed by atoms with E-state index in [4.69, 9.17) is 0 Å². The number of amides is 4. The number of carbonyl (C=O) groups excluding carboxylic acids is 3. The highest BCUT2D eigenvalue weighted by atomic mass is 32.1. The lowest BCUT2D eigenvalue weighted by Gasteiger charge is -2.34. The summed E-state index contributed by atoms with van der Waals surface area (Å²) in [6.07, 6.45) is 0.918. The Hall–Kier alpha value is -2.16. The van der Waals surface area contributed by atoms with E-state index in [0.717, 1.165) is 5.69 Å². The van der Waals surface area contributed by atoms with Gasteiger partial charge in [0, 0.05) is 52.0 Å². The summed E-state index contributed by atoms with van der Waals surface area (Å²) in [7, 11) is 1.54. The number of carbonyl (C=O) groups is 3. The fraction of sp³-hybridized carbons (Fsp3) is 0.571. The number of nitrogens with one attached hydrogen (secondary N) is 2. The molecular weight excluding hydrogens is 318 g/mol. The lowest BCUT2D eigenvalue weighted by molar-refractivity contribution is -0.138. The number of nitrogens with zero attached hydrogens (tertiary/aromatic N) is 3. The van der Waals surface area contributed by atoms with Crippen molar-refractivity contribution >= 4 is 34.3 Å². The summed E-state index contributed by atoms with van der Waals surface area (Å²) in [5, 5.41) is 7.41. The Morgan fingerprint density at radius 1 is 1.22 bits per heavy atom. The van der Waals surface area contributed by atoms with Crippen molar-refractivity contribution in [3.8, 4) is 0 Å². The number of thiazole rings is 1. The molecule has 0 saturated carbocycles. The fourth-order valence-electron chi connectivity index (χ4n) is 2.30. The fourth-order valence-corrected chi connectivity index (χ4v) is 3.04. The van der Waals surface area contributed by atoms with Gasteiger partial charge in [-0.25, -0.2) is 9.78 Å². The predicted molar refractivity (Wildman–Crippen MR) is 87.3 cm³/mol. The van der Waals surface area contributed by atoms with E-state index in [2.05, 4.69) is 15.6 Å². The van der Waals surface area contributed by atoms with Crippen molar-refractivity contribution in [1.82, 2.24) is 20.1 Å². The highest BCUT2D eigenvalue weighted by molar-refractivity contribution is 7.13. The molecule has 0 atom stereocenters. The van der Waals surface area contributed by atoms with Crippen LogP contribution in [0.5, 0.6) is 0 Å². The molecule has 2 N–H and O–H groups in total. The number of piperazine rings is 1. The van der Waals surface area contributed by atoms with E-state index in [0.29, 0.717) is 44.2 Å². The monoisotopic (exact) mass is 339 g/mol. The van der Waals surface area contributed by atoms with Crippen LogP contribution in [0.15, 0.2) is 5.38 Å². The number of rotatable bonds is 4. The van der Waals surface area contributed by atoms with Crippen molar-refractivity contribution in [2.24, 2.45) is 0 Å². The van der Waals surface area contributed by atoms with E-state index < -0.39 is 0 Å². The van der Waals surface area contributed by atoms with E-state index >= 15 is 0 Å². The van der Waals surface area contributed by atoms with Crippen LogP contribution in [0.1, 0.15) is 19.0 Å². The van der Waals surface area contributed by atoms with Crippen LogP contribution in [-0.2, 0) is 16.0 Å². The van der Waals surface area contributed by atoms with Crippen LogP contribution < -0.4 is 10.6 Å².